The van der Waals surface area contributed by atoms with Crippen LogP contribution in [0, 0.1) is 0 Å². The van der Waals surface area contributed by atoms with E-state index in [4.69, 9.17) is 5.73 Å². The predicted octanol–water partition coefficient (Wildman–Crippen LogP) is 1.13. The van der Waals surface area contributed by atoms with Gasteiger partial charge in [0.05, 0.1) is 22.1 Å². The molecule has 1 aromatic heterocycles. The monoisotopic (exact) mass is 314 g/mol. The van der Waals surface area contributed by atoms with Gasteiger partial charge in [0.15, 0.2) is 9.84 Å². The number of fused-ring (bicyclic) bond motifs is 1. The lowest BCUT2D eigenvalue weighted by Crippen LogP contribution is -2.36. The minimum absolute atomic E-state index is 0.0466. The molecule has 1 aromatic rings. The number of hydrogen-bond acceptors (Lipinski definition) is 5. The number of nitrogen functional groups attached to an aromatic ring is 1. The normalized spacial score (nSPS) is 24.3. The van der Waals surface area contributed by atoms with Crippen molar-refractivity contribution >= 4 is 32.1 Å². The third kappa shape index (κ3) is 2.56. The van der Waals surface area contributed by atoms with E-state index in [0.29, 0.717) is 17.0 Å². The molecule has 1 fully saturated rings. The number of nitrogens with two attached hydrogens (primary N) is 1. The Morgan fingerprint density at radius 1 is 1.30 bits per heavy atom. The van der Waals surface area contributed by atoms with Gasteiger partial charge in [-0.3, -0.25) is 4.79 Å². The third-order valence-electron chi connectivity index (χ3n) is 3.99. The molecular formula is C13H18N2O3S2. The SMILES string of the molecule is Nc1sc2c(c1C(=O)N[C@@H]1CCS(=O)(=O)C1)CCCC2. The Morgan fingerprint density at radius 2 is 2.05 bits per heavy atom. The lowest BCUT2D eigenvalue weighted by Gasteiger charge is -2.14. The van der Waals surface area contributed by atoms with Crippen molar-refractivity contribution in [1.82, 2.24) is 5.32 Å². The van der Waals surface area contributed by atoms with Gasteiger partial charge in [-0.15, -0.1) is 11.3 Å². The Balaban J connectivity index is 1.79. The smallest absolute Gasteiger partial charge is 0.254 e. The highest BCUT2D eigenvalue weighted by molar-refractivity contribution is 7.91. The van der Waals surface area contributed by atoms with E-state index in [1.165, 1.54) is 16.2 Å². The van der Waals surface area contributed by atoms with Crippen molar-refractivity contribution in [3.05, 3.63) is 16.0 Å². The number of carbonyl (C=O) groups is 1. The topological polar surface area (TPSA) is 89.3 Å². The summed E-state index contributed by atoms with van der Waals surface area (Å²) in [6.07, 6.45) is 4.63. The summed E-state index contributed by atoms with van der Waals surface area (Å²) in [5.41, 5.74) is 7.66. The Bertz CT molecular complexity index is 649. The second-order valence-electron chi connectivity index (χ2n) is 5.52. The minimum Gasteiger partial charge on any atom is -0.390 e. The molecule has 20 heavy (non-hydrogen) atoms. The van der Waals surface area contributed by atoms with E-state index in [1.54, 1.807) is 0 Å². The molecule has 2 aliphatic rings. The van der Waals surface area contributed by atoms with Crippen LogP contribution in [0.15, 0.2) is 0 Å². The Hall–Kier alpha value is -1.08. The average molecular weight is 314 g/mol. The number of thiophene rings is 1. The van der Waals surface area contributed by atoms with Gasteiger partial charge in [0.1, 0.15) is 0 Å². The fourth-order valence-electron chi connectivity index (χ4n) is 3.00. The van der Waals surface area contributed by atoms with Gasteiger partial charge in [-0.05, 0) is 37.7 Å². The fourth-order valence-corrected chi connectivity index (χ4v) is 5.83. The average Bonchev–Trinajstić information content (AvgIpc) is 2.88. The van der Waals surface area contributed by atoms with Crippen LogP contribution < -0.4 is 11.1 Å². The first-order valence-electron chi connectivity index (χ1n) is 6.87. The van der Waals surface area contributed by atoms with Gasteiger partial charge in [0, 0.05) is 10.9 Å². The molecule has 1 amide bonds. The molecule has 0 unspecified atom stereocenters. The summed E-state index contributed by atoms with van der Waals surface area (Å²) in [6, 6.07) is -0.272. The van der Waals surface area contributed by atoms with E-state index in [-0.39, 0.29) is 23.5 Å². The molecule has 1 saturated heterocycles. The molecule has 3 N–H and O–H groups in total. The largest absolute Gasteiger partial charge is 0.390 e. The molecule has 0 spiro atoms. The number of aryl methyl sites for hydroxylation is 1. The molecule has 1 atom stereocenters. The van der Waals surface area contributed by atoms with Crippen molar-refractivity contribution in [1.29, 1.82) is 0 Å². The third-order valence-corrected chi connectivity index (χ3v) is 6.88. The van der Waals surface area contributed by atoms with Crippen molar-refractivity contribution in [2.24, 2.45) is 0 Å². The van der Waals surface area contributed by atoms with E-state index >= 15 is 0 Å². The molecule has 3 rings (SSSR count). The van der Waals surface area contributed by atoms with Gasteiger partial charge >= 0.3 is 0 Å². The second kappa shape index (κ2) is 5.04. The molecule has 0 aromatic carbocycles. The minimum atomic E-state index is -2.98. The molecule has 0 saturated carbocycles. The van der Waals surface area contributed by atoms with Crippen molar-refractivity contribution in [3.63, 3.8) is 0 Å². The lowest BCUT2D eigenvalue weighted by molar-refractivity contribution is 0.0941. The second-order valence-corrected chi connectivity index (χ2v) is 8.89. The van der Waals surface area contributed by atoms with Crippen LogP contribution in [0.4, 0.5) is 5.00 Å². The van der Waals surface area contributed by atoms with Crippen LogP contribution >= 0.6 is 11.3 Å². The van der Waals surface area contributed by atoms with E-state index < -0.39 is 9.84 Å². The van der Waals surface area contributed by atoms with Crippen molar-refractivity contribution in [2.45, 2.75) is 38.1 Å². The summed E-state index contributed by atoms with van der Waals surface area (Å²) in [6.45, 7) is 0. The molecular weight excluding hydrogens is 296 g/mol. The molecule has 110 valence electrons. The van der Waals surface area contributed by atoms with Crippen LogP contribution in [0.25, 0.3) is 0 Å². The van der Waals surface area contributed by atoms with Crippen LogP contribution in [0.3, 0.4) is 0 Å². The molecule has 1 aliphatic carbocycles. The van der Waals surface area contributed by atoms with Gasteiger partial charge in [-0.2, -0.15) is 0 Å². The summed E-state index contributed by atoms with van der Waals surface area (Å²) in [5.74, 6) is 0.00385. The number of anilines is 1. The zero-order valence-corrected chi connectivity index (χ0v) is 12.8. The summed E-state index contributed by atoms with van der Waals surface area (Å²) >= 11 is 1.50. The molecule has 0 bridgehead atoms. The maximum atomic E-state index is 12.4. The number of nitrogens with one attached hydrogen (secondary N) is 1. The standard InChI is InChI=1S/C13H18N2O3S2/c14-12-11(9-3-1-2-4-10(9)19-12)13(16)15-8-5-6-20(17,18)7-8/h8H,1-7,14H2,(H,15,16)/t8-/m1/s1. The van der Waals surface area contributed by atoms with Crippen LogP contribution in [-0.2, 0) is 22.7 Å². The van der Waals surface area contributed by atoms with Gasteiger partial charge in [0.2, 0.25) is 0 Å². The molecule has 7 heteroatoms. The van der Waals surface area contributed by atoms with Crippen LogP contribution in [-0.4, -0.2) is 31.9 Å². The zero-order chi connectivity index (χ0) is 14.3. The van der Waals surface area contributed by atoms with Crippen molar-refractivity contribution in [2.75, 3.05) is 17.2 Å². The van der Waals surface area contributed by atoms with Crippen LogP contribution in [0.1, 0.15) is 40.1 Å². The number of hydrogen-bond donors (Lipinski definition) is 2. The summed E-state index contributed by atoms with van der Waals surface area (Å²) < 4.78 is 22.9. The first-order chi connectivity index (χ1) is 9.46. The maximum absolute atomic E-state index is 12.4. The number of sulfone groups is 1. The number of rotatable bonds is 2. The van der Waals surface area contributed by atoms with Crippen LogP contribution in [0.2, 0.25) is 0 Å². The summed E-state index contributed by atoms with van der Waals surface area (Å²) in [5, 5.41) is 3.40. The van der Waals surface area contributed by atoms with Crippen molar-refractivity contribution < 1.29 is 13.2 Å². The maximum Gasteiger partial charge on any atom is 0.254 e. The van der Waals surface area contributed by atoms with E-state index in [0.717, 1.165) is 31.2 Å². The quantitative estimate of drug-likeness (QED) is 0.856. The Kier molecular flexibility index (Phi) is 3.50. The lowest BCUT2D eigenvalue weighted by atomic mass is 9.95. The Morgan fingerprint density at radius 3 is 2.75 bits per heavy atom. The van der Waals surface area contributed by atoms with E-state index in [2.05, 4.69) is 5.32 Å². The fraction of sp³-hybridized carbons (Fsp3) is 0.615. The molecule has 5 nitrogen and oxygen atoms in total. The Labute approximate surface area is 122 Å². The van der Waals surface area contributed by atoms with Gasteiger partial charge in [-0.1, -0.05) is 0 Å². The highest BCUT2D eigenvalue weighted by Gasteiger charge is 2.31. The first kappa shape index (κ1) is 13.9. The zero-order valence-electron chi connectivity index (χ0n) is 11.1. The van der Waals surface area contributed by atoms with Gasteiger partial charge in [-0.25, -0.2) is 8.42 Å². The van der Waals surface area contributed by atoms with E-state index in [9.17, 15) is 13.2 Å². The predicted molar refractivity (Wildman–Crippen MR) is 79.9 cm³/mol. The van der Waals surface area contributed by atoms with Gasteiger partial charge in [0.25, 0.3) is 5.91 Å². The summed E-state index contributed by atoms with van der Waals surface area (Å²) in [4.78, 5) is 13.6. The number of amides is 1. The highest BCUT2D eigenvalue weighted by atomic mass is 32.2. The summed E-state index contributed by atoms with van der Waals surface area (Å²) in [7, 11) is -2.98. The molecule has 0 radical (unpaired) electrons. The van der Waals surface area contributed by atoms with Crippen molar-refractivity contribution in [3.8, 4) is 0 Å². The van der Waals surface area contributed by atoms with Crippen LogP contribution in [0.5, 0.6) is 0 Å². The molecule has 2 heterocycles. The molecule has 1 aliphatic heterocycles. The number of carbonyl (C=O) groups excluding carboxylic acids is 1. The van der Waals surface area contributed by atoms with E-state index in [1.807, 2.05) is 0 Å². The highest BCUT2D eigenvalue weighted by Crippen LogP contribution is 2.36. The van der Waals surface area contributed by atoms with Gasteiger partial charge < -0.3 is 11.1 Å². The first-order valence-corrected chi connectivity index (χ1v) is 9.51.